The van der Waals surface area contributed by atoms with Crippen molar-refractivity contribution in [1.29, 1.82) is 0 Å². The van der Waals surface area contributed by atoms with Crippen molar-refractivity contribution in [2.75, 3.05) is 18.1 Å². The molecule has 0 saturated carbocycles. The van der Waals surface area contributed by atoms with Crippen LogP contribution in [-0.2, 0) is 22.9 Å². The van der Waals surface area contributed by atoms with Crippen LogP contribution in [-0.4, -0.2) is 41.5 Å². The first-order valence-electron chi connectivity index (χ1n) is 6.73. The zero-order chi connectivity index (χ0) is 14.3. The second kappa shape index (κ2) is 7.59. The molecule has 0 atom stereocenters. The summed E-state index contributed by atoms with van der Waals surface area (Å²) in [6, 6.07) is 0. The van der Waals surface area contributed by atoms with Crippen molar-refractivity contribution in [3.05, 3.63) is 11.9 Å². The highest BCUT2D eigenvalue weighted by atomic mass is 32.2. The van der Waals surface area contributed by atoms with Gasteiger partial charge >= 0.3 is 0 Å². The minimum absolute atomic E-state index is 0.128. The van der Waals surface area contributed by atoms with E-state index in [9.17, 15) is 8.42 Å². The van der Waals surface area contributed by atoms with Gasteiger partial charge in [0, 0.05) is 18.5 Å². The molecule has 7 heteroatoms. The maximum absolute atomic E-state index is 11.6. The van der Waals surface area contributed by atoms with E-state index in [4.69, 9.17) is 0 Å². The average molecular weight is 288 g/mol. The van der Waals surface area contributed by atoms with Gasteiger partial charge in [-0.15, -0.1) is 5.10 Å². The summed E-state index contributed by atoms with van der Waals surface area (Å²) in [5.74, 6) is 0.960. The van der Waals surface area contributed by atoms with Gasteiger partial charge in [-0.25, -0.2) is 8.42 Å². The van der Waals surface area contributed by atoms with Gasteiger partial charge in [-0.2, -0.15) is 0 Å². The van der Waals surface area contributed by atoms with E-state index in [-0.39, 0.29) is 11.5 Å². The molecule has 1 rings (SSSR count). The molecule has 0 amide bonds. The molecule has 0 unspecified atom stereocenters. The van der Waals surface area contributed by atoms with E-state index in [0.29, 0.717) is 25.4 Å². The van der Waals surface area contributed by atoms with E-state index in [1.54, 1.807) is 10.9 Å². The fourth-order valence-electron chi connectivity index (χ4n) is 1.66. The van der Waals surface area contributed by atoms with Crippen LogP contribution in [0.3, 0.4) is 0 Å². The molecule has 0 fully saturated rings. The largest absolute Gasteiger partial charge is 0.311 e. The standard InChI is InChI=1S/C12H24N4O2S/c1-4-6-19(17,18)7-5-16-10-12(14-15-16)9-13-8-11(2)3/h10-11,13H,4-9H2,1-3H3. The molecule has 19 heavy (non-hydrogen) atoms. The highest BCUT2D eigenvalue weighted by Gasteiger charge is 2.10. The van der Waals surface area contributed by atoms with Gasteiger partial charge in [0.25, 0.3) is 0 Å². The number of rotatable bonds is 9. The Hall–Kier alpha value is -0.950. The number of nitrogens with zero attached hydrogens (tertiary/aromatic N) is 3. The van der Waals surface area contributed by atoms with Gasteiger partial charge in [0.05, 0.1) is 18.0 Å². The lowest BCUT2D eigenvalue weighted by molar-refractivity contribution is 0.548. The zero-order valence-corrected chi connectivity index (χ0v) is 12.8. The van der Waals surface area contributed by atoms with Crippen molar-refractivity contribution >= 4 is 9.84 Å². The molecule has 0 spiro atoms. The smallest absolute Gasteiger partial charge is 0.152 e. The monoisotopic (exact) mass is 288 g/mol. The summed E-state index contributed by atoms with van der Waals surface area (Å²) in [5.41, 5.74) is 0.841. The first kappa shape index (κ1) is 16.1. The Balaban J connectivity index is 2.38. The molecule has 1 aromatic heterocycles. The van der Waals surface area contributed by atoms with Crippen molar-refractivity contribution in [2.45, 2.75) is 40.3 Å². The van der Waals surface area contributed by atoms with Gasteiger partial charge in [-0.05, 0) is 18.9 Å². The van der Waals surface area contributed by atoms with Crippen LogP contribution < -0.4 is 5.32 Å². The van der Waals surface area contributed by atoms with E-state index < -0.39 is 9.84 Å². The van der Waals surface area contributed by atoms with Gasteiger partial charge in [0.1, 0.15) is 0 Å². The van der Waals surface area contributed by atoms with Crippen molar-refractivity contribution in [2.24, 2.45) is 5.92 Å². The summed E-state index contributed by atoms with van der Waals surface area (Å²) in [5, 5.41) is 11.2. The first-order chi connectivity index (χ1) is 8.93. The van der Waals surface area contributed by atoms with Gasteiger partial charge in [-0.1, -0.05) is 26.0 Å². The van der Waals surface area contributed by atoms with Crippen molar-refractivity contribution in [1.82, 2.24) is 20.3 Å². The minimum Gasteiger partial charge on any atom is -0.311 e. The molecule has 1 heterocycles. The Morgan fingerprint density at radius 1 is 1.37 bits per heavy atom. The molecular formula is C12H24N4O2S. The predicted octanol–water partition coefficient (Wildman–Crippen LogP) is 0.849. The number of hydrogen-bond acceptors (Lipinski definition) is 5. The Labute approximate surface area is 115 Å². The molecule has 0 aliphatic carbocycles. The Morgan fingerprint density at radius 3 is 2.74 bits per heavy atom. The van der Waals surface area contributed by atoms with Gasteiger partial charge < -0.3 is 5.32 Å². The molecule has 0 saturated heterocycles. The molecule has 1 aromatic rings. The van der Waals surface area contributed by atoms with Crippen LogP contribution in [0.25, 0.3) is 0 Å². The van der Waals surface area contributed by atoms with E-state index in [1.165, 1.54) is 0 Å². The highest BCUT2D eigenvalue weighted by Crippen LogP contribution is 1.98. The van der Waals surface area contributed by atoms with E-state index in [0.717, 1.165) is 12.2 Å². The number of aromatic nitrogens is 3. The van der Waals surface area contributed by atoms with Crippen LogP contribution in [0.2, 0.25) is 0 Å². The summed E-state index contributed by atoms with van der Waals surface area (Å²) >= 11 is 0. The molecule has 0 aliphatic heterocycles. The topological polar surface area (TPSA) is 76.9 Å². The van der Waals surface area contributed by atoms with Crippen LogP contribution in [0, 0.1) is 5.92 Å². The summed E-state index contributed by atoms with van der Waals surface area (Å²) in [4.78, 5) is 0. The maximum Gasteiger partial charge on any atom is 0.152 e. The maximum atomic E-state index is 11.6. The predicted molar refractivity (Wildman–Crippen MR) is 75.5 cm³/mol. The van der Waals surface area contributed by atoms with Crippen LogP contribution >= 0.6 is 0 Å². The highest BCUT2D eigenvalue weighted by molar-refractivity contribution is 7.91. The lowest BCUT2D eigenvalue weighted by atomic mass is 10.2. The van der Waals surface area contributed by atoms with Gasteiger partial charge in [-0.3, -0.25) is 4.68 Å². The SMILES string of the molecule is CCCS(=O)(=O)CCn1cc(CNCC(C)C)nn1. The summed E-state index contributed by atoms with van der Waals surface area (Å²) < 4.78 is 24.8. The lowest BCUT2D eigenvalue weighted by Crippen LogP contribution is -2.19. The van der Waals surface area contributed by atoms with Crippen molar-refractivity contribution in [3.8, 4) is 0 Å². The molecular weight excluding hydrogens is 264 g/mol. The number of nitrogens with one attached hydrogen (secondary N) is 1. The first-order valence-corrected chi connectivity index (χ1v) is 8.55. The van der Waals surface area contributed by atoms with Crippen LogP contribution in [0.15, 0.2) is 6.20 Å². The van der Waals surface area contributed by atoms with Gasteiger partial charge in [0.2, 0.25) is 0 Å². The van der Waals surface area contributed by atoms with Crippen LogP contribution in [0.5, 0.6) is 0 Å². The third kappa shape index (κ3) is 6.68. The Morgan fingerprint density at radius 2 is 2.11 bits per heavy atom. The van der Waals surface area contributed by atoms with E-state index in [2.05, 4.69) is 29.5 Å². The third-order valence-corrected chi connectivity index (χ3v) is 4.43. The molecule has 110 valence electrons. The fraction of sp³-hybridized carbons (Fsp3) is 0.833. The molecule has 0 aromatic carbocycles. The van der Waals surface area contributed by atoms with Crippen LogP contribution in [0.4, 0.5) is 0 Å². The molecule has 0 bridgehead atoms. The molecule has 1 N–H and O–H groups in total. The van der Waals surface area contributed by atoms with Crippen LogP contribution in [0.1, 0.15) is 32.9 Å². The third-order valence-electron chi connectivity index (χ3n) is 2.59. The van der Waals surface area contributed by atoms with E-state index >= 15 is 0 Å². The van der Waals surface area contributed by atoms with Crippen molar-refractivity contribution < 1.29 is 8.42 Å². The Kier molecular flexibility index (Phi) is 6.44. The second-order valence-electron chi connectivity index (χ2n) is 5.15. The molecule has 0 radical (unpaired) electrons. The fourth-order valence-corrected chi connectivity index (χ4v) is 2.95. The molecule has 0 aliphatic rings. The second-order valence-corrected chi connectivity index (χ2v) is 7.45. The normalized spacial score (nSPS) is 12.2. The van der Waals surface area contributed by atoms with E-state index in [1.807, 2.05) is 6.92 Å². The summed E-state index contributed by atoms with van der Waals surface area (Å²) in [7, 11) is -2.95. The number of sulfone groups is 1. The summed E-state index contributed by atoms with van der Waals surface area (Å²) in [6.45, 7) is 8.12. The number of hydrogen-bond donors (Lipinski definition) is 1. The lowest BCUT2D eigenvalue weighted by Gasteiger charge is -2.04. The average Bonchev–Trinajstić information content (AvgIpc) is 2.74. The summed E-state index contributed by atoms with van der Waals surface area (Å²) in [6.07, 6.45) is 2.46. The van der Waals surface area contributed by atoms with Crippen molar-refractivity contribution in [3.63, 3.8) is 0 Å². The Bertz CT molecular complexity index is 468. The minimum atomic E-state index is -2.95. The quantitative estimate of drug-likeness (QED) is 0.729. The zero-order valence-electron chi connectivity index (χ0n) is 12.0. The number of aryl methyl sites for hydroxylation is 1. The van der Waals surface area contributed by atoms with Gasteiger partial charge in [0.15, 0.2) is 9.84 Å². The molecule has 6 nitrogen and oxygen atoms in total.